The zero-order valence-corrected chi connectivity index (χ0v) is 12.8. The van der Waals surface area contributed by atoms with E-state index in [2.05, 4.69) is 20.6 Å². The second kappa shape index (κ2) is 6.83. The molecule has 2 aromatic heterocycles. The van der Waals surface area contributed by atoms with Crippen LogP contribution in [0.4, 0.5) is 15.7 Å². The number of anilines is 2. The molecule has 10 heteroatoms. The van der Waals surface area contributed by atoms with Gasteiger partial charge in [-0.05, 0) is 19.1 Å². The van der Waals surface area contributed by atoms with Gasteiger partial charge in [-0.25, -0.2) is 19.6 Å². The summed E-state index contributed by atoms with van der Waals surface area (Å²) in [5.41, 5.74) is 5.11. The molecule has 0 saturated carbocycles. The number of carbonyl (C=O) groups is 3. The third-order valence-corrected chi connectivity index (χ3v) is 3.56. The molecular weight excluding hydrogens is 322 g/mol. The van der Waals surface area contributed by atoms with Crippen molar-refractivity contribution in [3.05, 3.63) is 34.5 Å². The molecule has 0 aromatic carbocycles. The SMILES string of the molecule is CCNC(=O)Nc1ncccc1C(=O)c1sc(N)nc1C(=O)O. The lowest BCUT2D eigenvalue weighted by molar-refractivity contribution is 0.0687. The molecule has 2 amide bonds. The molecule has 2 heterocycles. The predicted molar refractivity (Wildman–Crippen MR) is 83.9 cm³/mol. The Morgan fingerprint density at radius 1 is 1.39 bits per heavy atom. The number of rotatable bonds is 5. The number of thiazole rings is 1. The van der Waals surface area contributed by atoms with Crippen LogP contribution >= 0.6 is 11.3 Å². The van der Waals surface area contributed by atoms with Gasteiger partial charge in [0.15, 0.2) is 10.8 Å². The standard InChI is InChI=1S/C13H13N5O4S/c1-2-15-13(22)18-10-6(4-3-5-16-10)8(19)9-7(11(20)21)17-12(14)23-9/h3-5H,2H2,1H3,(H2,14,17)(H,20,21)(H2,15,16,18,22). The van der Waals surface area contributed by atoms with Crippen molar-refractivity contribution in [3.8, 4) is 0 Å². The second-order valence-electron chi connectivity index (χ2n) is 4.25. The second-order valence-corrected chi connectivity index (χ2v) is 5.28. The van der Waals surface area contributed by atoms with Crippen LogP contribution in [-0.2, 0) is 0 Å². The van der Waals surface area contributed by atoms with E-state index in [1.165, 1.54) is 18.3 Å². The van der Waals surface area contributed by atoms with Gasteiger partial charge in [-0.3, -0.25) is 10.1 Å². The largest absolute Gasteiger partial charge is 0.476 e. The third-order valence-electron chi connectivity index (χ3n) is 2.67. The summed E-state index contributed by atoms with van der Waals surface area (Å²) >= 11 is 0.764. The van der Waals surface area contributed by atoms with Gasteiger partial charge in [-0.2, -0.15) is 0 Å². The number of carboxylic acids is 1. The number of nitrogens with one attached hydrogen (secondary N) is 2. The zero-order chi connectivity index (χ0) is 17.0. The number of aromatic nitrogens is 2. The first-order valence-corrected chi connectivity index (χ1v) is 7.29. The van der Waals surface area contributed by atoms with Crippen molar-refractivity contribution in [2.45, 2.75) is 6.92 Å². The van der Waals surface area contributed by atoms with Crippen molar-refractivity contribution in [2.75, 3.05) is 17.6 Å². The molecule has 0 atom stereocenters. The van der Waals surface area contributed by atoms with Gasteiger partial charge in [-0.1, -0.05) is 11.3 Å². The van der Waals surface area contributed by atoms with Crippen molar-refractivity contribution < 1.29 is 19.5 Å². The highest BCUT2D eigenvalue weighted by molar-refractivity contribution is 7.17. The number of pyridine rings is 1. The fraction of sp³-hybridized carbons (Fsp3) is 0.154. The van der Waals surface area contributed by atoms with Crippen LogP contribution in [0.2, 0.25) is 0 Å². The monoisotopic (exact) mass is 335 g/mol. The molecule has 0 radical (unpaired) electrons. The Morgan fingerprint density at radius 2 is 2.13 bits per heavy atom. The molecule has 9 nitrogen and oxygen atoms in total. The Kier molecular flexibility index (Phi) is 4.86. The van der Waals surface area contributed by atoms with Crippen LogP contribution in [0.3, 0.4) is 0 Å². The van der Waals surface area contributed by atoms with Crippen molar-refractivity contribution in [1.29, 1.82) is 0 Å². The lowest BCUT2D eigenvalue weighted by Crippen LogP contribution is -2.29. The number of hydrogen-bond donors (Lipinski definition) is 4. The maximum Gasteiger partial charge on any atom is 0.356 e. The van der Waals surface area contributed by atoms with E-state index in [1.54, 1.807) is 6.92 Å². The zero-order valence-electron chi connectivity index (χ0n) is 12.0. The number of nitrogens with two attached hydrogens (primary N) is 1. The van der Waals surface area contributed by atoms with Gasteiger partial charge in [0.25, 0.3) is 0 Å². The maximum absolute atomic E-state index is 12.6. The number of carbonyl (C=O) groups excluding carboxylic acids is 2. The highest BCUT2D eigenvalue weighted by Crippen LogP contribution is 2.26. The maximum atomic E-state index is 12.6. The molecule has 0 fully saturated rings. The van der Waals surface area contributed by atoms with E-state index in [4.69, 9.17) is 10.8 Å². The normalized spacial score (nSPS) is 10.1. The fourth-order valence-electron chi connectivity index (χ4n) is 1.76. The molecule has 0 aliphatic carbocycles. The number of hydrogen-bond acceptors (Lipinski definition) is 7. The van der Waals surface area contributed by atoms with Gasteiger partial charge >= 0.3 is 12.0 Å². The molecule has 0 bridgehead atoms. The first kappa shape index (κ1) is 16.4. The predicted octanol–water partition coefficient (Wildman–Crippen LogP) is 1.19. The molecule has 0 saturated heterocycles. The minimum absolute atomic E-state index is 0.0201. The van der Waals surface area contributed by atoms with Gasteiger partial charge in [0.05, 0.1) is 5.56 Å². The Bertz CT molecular complexity index is 773. The first-order chi connectivity index (χ1) is 10.9. The summed E-state index contributed by atoms with van der Waals surface area (Å²) in [5.74, 6) is -1.97. The van der Waals surface area contributed by atoms with Crippen molar-refractivity contribution in [2.24, 2.45) is 0 Å². The van der Waals surface area contributed by atoms with Crippen LogP contribution in [0.25, 0.3) is 0 Å². The number of urea groups is 1. The van der Waals surface area contributed by atoms with E-state index in [-0.39, 0.29) is 21.4 Å². The molecule has 120 valence electrons. The number of carboxylic acid groups (broad SMARTS) is 1. The Balaban J connectivity index is 2.41. The van der Waals surface area contributed by atoms with Gasteiger partial charge in [0, 0.05) is 12.7 Å². The highest BCUT2D eigenvalue weighted by atomic mass is 32.1. The molecule has 2 aromatic rings. The average Bonchev–Trinajstić information content (AvgIpc) is 2.89. The Labute approximate surface area is 134 Å². The number of amides is 2. The van der Waals surface area contributed by atoms with Crippen LogP contribution in [0.5, 0.6) is 0 Å². The van der Waals surface area contributed by atoms with Crippen LogP contribution in [0, 0.1) is 0 Å². The van der Waals surface area contributed by atoms with E-state index in [0.717, 1.165) is 11.3 Å². The summed E-state index contributed by atoms with van der Waals surface area (Å²) in [6.07, 6.45) is 1.40. The van der Waals surface area contributed by atoms with Crippen molar-refractivity contribution in [1.82, 2.24) is 15.3 Å². The van der Waals surface area contributed by atoms with Crippen LogP contribution in [0.1, 0.15) is 32.6 Å². The summed E-state index contributed by atoms with van der Waals surface area (Å²) in [7, 11) is 0. The van der Waals surface area contributed by atoms with Crippen LogP contribution in [-0.4, -0.2) is 39.4 Å². The lowest BCUT2D eigenvalue weighted by Gasteiger charge is -2.09. The molecule has 0 aliphatic heterocycles. The van der Waals surface area contributed by atoms with E-state index in [1.807, 2.05) is 0 Å². The van der Waals surface area contributed by atoms with Crippen LogP contribution in [0.15, 0.2) is 18.3 Å². The van der Waals surface area contributed by atoms with Crippen LogP contribution < -0.4 is 16.4 Å². The van der Waals surface area contributed by atoms with Gasteiger partial charge in [0.2, 0.25) is 5.78 Å². The molecule has 0 spiro atoms. The Hall–Kier alpha value is -3.01. The summed E-state index contributed by atoms with van der Waals surface area (Å²) in [6.45, 7) is 2.14. The third kappa shape index (κ3) is 3.61. The molecule has 5 N–H and O–H groups in total. The molecule has 0 unspecified atom stereocenters. The number of nitrogens with zero attached hydrogens (tertiary/aromatic N) is 2. The van der Waals surface area contributed by atoms with Crippen molar-refractivity contribution in [3.63, 3.8) is 0 Å². The molecule has 2 rings (SSSR count). The summed E-state index contributed by atoms with van der Waals surface area (Å²) in [6, 6.07) is 2.40. The van der Waals surface area contributed by atoms with Gasteiger partial charge in [-0.15, -0.1) is 0 Å². The smallest absolute Gasteiger partial charge is 0.356 e. The minimum atomic E-state index is -1.36. The molecule has 23 heavy (non-hydrogen) atoms. The number of nitrogen functional groups attached to an aromatic ring is 1. The number of aromatic carboxylic acids is 1. The van der Waals surface area contributed by atoms with Gasteiger partial charge < -0.3 is 16.2 Å². The summed E-state index contributed by atoms with van der Waals surface area (Å²) in [4.78, 5) is 42.8. The minimum Gasteiger partial charge on any atom is -0.476 e. The average molecular weight is 335 g/mol. The molecule has 0 aliphatic rings. The van der Waals surface area contributed by atoms with E-state index in [0.29, 0.717) is 6.54 Å². The van der Waals surface area contributed by atoms with E-state index in [9.17, 15) is 14.4 Å². The molecular formula is C13H13N5O4S. The summed E-state index contributed by atoms with van der Waals surface area (Å²) in [5, 5.41) is 14.0. The first-order valence-electron chi connectivity index (χ1n) is 6.48. The Morgan fingerprint density at radius 3 is 2.78 bits per heavy atom. The topological polar surface area (TPSA) is 147 Å². The van der Waals surface area contributed by atoms with E-state index >= 15 is 0 Å². The van der Waals surface area contributed by atoms with Gasteiger partial charge in [0.1, 0.15) is 10.7 Å². The number of ketones is 1. The van der Waals surface area contributed by atoms with Crippen molar-refractivity contribution >= 4 is 40.1 Å². The quantitative estimate of drug-likeness (QED) is 0.600. The highest BCUT2D eigenvalue weighted by Gasteiger charge is 2.25. The lowest BCUT2D eigenvalue weighted by atomic mass is 10.1. The summed E-state index contributed by atoms with van der Waals surface area (Å²) < 4.78 is 0. The fourth-order valence-corrected chi connectivity index (χ4v) is 2.54. The van der Waals surface area contributed by atoms with E-state index < -0.39 is 23.5 Å².